The predicted octanol–water partition coefficient (Wildman–Crippen LogP) is 2.23. The van der Waals surface area contributed by atoms with Crippen LogP contribution in [0.3, 0.4) is 0 Å². The van der Waals surface area contributed by atoms with Gasteiger partial charge in [-0.15, -0.1) is 0 Å². The second-order valence-corrected chi connectivity index (χ2v) is 5.62. The van der Waals surface area contributed by atoms with Crippen molar-refractivity contribution in [1.82, 2.24) is 5.32 Å². The van der Waals surface area contributed by atoms with Gasteiger partial charge in [0.2, 0.25) is 5.91 Å². The van der Waals surface area contributed by atoms with Crippen LogP contribution >= 0.6 is 15.9 Å². The molecule has 5 nitrogen and oxygen atoms in total. The topological polar surface area (TPSA) is 75.6 Å². The third-order valence-corrected chi connectivity index (χ3v) is 3.63. The molecule has 1 aromatic carbocycles. The fraction of sp³-hybridized carbons (Fsp3) is 0.429. The van der Waals surface area contributed by atoms with Crippen molar-refractivity contribution in [2.45, 2.75) is 26.3 Å². The lowest BCUT2D eigenvalue weighted by atomic mass is 10.0. The van der Waals surface area contributed by atoms with Crippen LogP contribution in [0.1, 0.15) is 19.4 Å². The molecule has 0 saturated carbocycles. The number of rotatable bonds is 6. The van der Waals surface area contributed by atoms with E-state index in [1.165, 1.54) is 0 Å². The summed E-state index contributed by atoms with van der Waals surface area (Å²) in [6.45, 7) is 3.50. The van der Waals surface area contributed by atoms with Crippen LogP contribution < -0.4 is 10.1 Å². The molecule has 0 aliphatic rings. The number of hydrogen-bond acceptors (Lipinski definition) is 3. The van der Waals surface area contributed by atoms with E-state index in [9.17, 15) is 9.59 Å². The van der Waals surface area contributed by atoms with Crippen molar-refractivity contribution in [3.63, 3.8) is 0 Å². The minimum absolute atomic E-state index is 0.0916. The van der Waals surface area contributed by atoms with Crippen molar-refractivity contribution in [1.29, 1.82) is 0 Å². The molecule has 0 heterocycles. The number of aliphatic carboxylic acids is 1. The Morgan fingerprint density at radius 3 is 2.55 bits per heavy atom. The van der Waals surface area contributed by atoms with Crippen molar-refractivity contribution in [2.24, 2.45) is 5.92 Å². The number of hydrogen-bond donors (Lipinski definition) is 2. The van der Waals surface area contributed by atoms with Gasteiger partial charge in [-0.25, -0.2) is 4.79 Å². The maximum atomic E-state index is 11.9. The maximum absolute atomic E-state index is 11.9. The van der Waals surface area contributed by atoms with Crippen molar-refractivity contribution >= 4 is 27.8 Å². The molecule has 110 valence electrons. The van der Waals surface area contributed by atoms with Crippen molar-refractivity contribution in [3.8, 4) is 5.75 Å². The van der Waals surface area contributed by atoms with E-state index in [-0.39, 0.29) is 18.2 Å². The van der Waals surface area contributed by atoms with Gasteiger partial charge in [-0.3, -0.25) is 4.79 Å². The van der Waals surface area contributed by atoms with Gasteiger partial charge in [-0.05, 0) is 29.7 Å². The zero-order valence-electron chi connectivity index (χ0n) is 11.6. The molecule has 6 heteroatoms. The molecule has 0 radical (unpaired) electrons. The molecule has 1 rings (SSSR count). The molecular weight excluding hydrogens is 326 g/mol. The molecule has 0 unspecified atom stereocenters. The van der Waals surface area contributed by atoms with Gasteiger partial charge in [0.25, 0.3) is 0 Å². The molecule has 0 aliphatic carbocycles. The summed E-state index contributed by atoms with van der Waals surface area (Å²) in [6.07, 6.45) is 0.0916. The van der Waals surface area contributed by atoms with Gasteiger partial charge >= 0.3 is 5.97 Å². The molecule has 0 bridgehead atoms. The van der Waals surface area contributed by atoms with Crippen LogP contribution in [-0.4, -0.2) is 30.1 Å². The molecule has 20 heavy (non-hydrogen) atoms. The highest BCUT2D eigenvalue weighted by Crippen LogP contribution is 2.23. The van der Waals surface area contributed by atoms with Gasteiger partial charge in [0.1, 0.15) is 11.8 Å². The van der Waals surface area contributed by atoms with Gasteiger partial charge in [0.05, 0.1) is 13.5 Å². The van der Waals surface area contributed by atoms with E-state index in [0.717, 1.165) is 10.0 Å². The van der Waals surface area contributed by atoms with Crippen LogP contribution in [0.2, 0.25) is 0 Å². The van der Waals surface area contributed by atoms with E-state index in [0.29, 0.717) is 5.75 Å². The number of nitrogens with one attached hydrogen (secondary N) is 1. The van der Waals surface area contributed by atoms with Crippen LogP contribution in [0.5, 0.6) is 5.75 Å². The number of halogens is 1. The second kappa shape index (κ2) is 7.28. The number of methoxy groups -OCH3 is 1. The van der Waals surface area contributed by atoms with Crippen LogP contribution in [-0.2, 0) is 16.0 Å². The second-order valence-electron chi connectivity index (χ2n) is 4.76. The first-order valence-corrected chi connectivity index (χ1v) is 6.99. The Kier molecular flexibility index (Phi) is 6.01. The van der Waals surface area contributed by atoms with E-state index >= 15 is 0 Å². The molecule has 1 amide bonds. The third-order valence-electron chi connectivity index (χ3n) is 2.85. The molecular formula is C14H18BrNO4. The summed E-state index contributed by atoms with van der Waals surface area (Å²) < 4.78 is 5.88. The van der Waals surface area contributed by atoms with Gasteiger partial charge in [-0.1, -0.05) is 29.8 Å². The van der Waals surface area contributed by atoms with Crippen LogP contribution in [0, 0.1) is 5.92 Å². The summed E-state index contributed by atoms with van der Waals surface area (Å²) in [6, 6.07) is 4.43. The van der Waals surface area contributed by atoms with E-state index in [2.05, 4.69) is 21.2 Å². The fourth-order valence-corrected chi connectivity index (χ4v) is 2.11. The van der Waals surface area contributed by atoms with Gasteiger partial charge in [0.15, 0.2) is 0 Å². The normalized spacial score (nSPS) is 12.1. The summed E-state index contributed by atoms with van der Waals surface area (Å²) in [5.41, 5.74) is 0.745. The first-order chi connectivity index (χ1) is 9.35. The standard InChI is InChI=1S/C14H18BrNO4/c1-8(2)13(14(18)19)16-12(17)7-9-6-10(20-3)4-5-11(9)15/h4-6,8,13H,7H2,1-3H3,(H,16,17)(H,18,19)/t13-/m1/s1. The summed E-state index contributed by atoms with van der Waals surface area (Å²) in [5, 5.41) is 11.6. The van der Waals surface area contributed by atoms with E-state index in [1.807, 2.05) is 0 Å². The largest absolute Gasteiger partial charge is 0.497 e. The van der Waals surface area contributed by atoms with Gasteiger partial charge in [0, 0.05) is 4.47 Å². The zero-order valence-corrected chi connectivity index (χ0v) is 13.2. The molecule has 2 N–H and O–H groups in total. The van der Waals surface area contributed by atoms with Gasteiger partial charge < -0.3 is 15.2 Å². The Morgan fingerprint density at radius 2 is 2.05 bits per heavy atom. The first-order valence-electron chi connectivity index (χ1n) is 6.19. The quantitative estimate of drug-likeness (QED) is 0.830. The molecule has 1 atom stereocenters. The Labute approximate surface area is 126 Å². The lowest BCUT2D eigenvalue weighted by molar-refractivity contribution is -0.143. The summed E-state index contributed by atoms with van der Waals surface area (Å²) in [4.78, 5) is 23.0. The predicted molar refractivity (Wildman–Crippen MR) is 78.8 cm³/mol. The van der Waals surface area contributed by atoms with Crippen molar-refractivity contribution in [2.75, 3.05) is 7.11 Å². The number of carboxylic acids is 1. The SMILES string of the molecule is COc1ccc(Br)c(CC(=O)N[C@@H](C(=O)O)C(C)C)c1. The summed E-state index contributed by atoms with van der Waals surface area (Å²) in [7, 11) is 1.55. The highest BCUT2D eigenvalue weighted by molar-refractivity contribution is 9.10. The Balaban J connectivity index is 2.78. The summed E-state index contributed by atoms with van der Waals surface area (Å²) in [5.74, 6) is -0.891. The van der Waals surface area contributed by atoms with Crippen molar-refractivity contribution in [3.05, 3.63) is 28.2 Å². The summed E-state index contributed by atoms with van der Waals surface area (Å²) >= 11 is 3.36. The molecule has 0 spiro atoms. The number of ether oxygens (including phenoxy) is 1. The monoisotopic (exact) mass is 343 g/mol. The lowest BCUT2D eigenvalue weighted by Gasteiger charge is -2.18. The zero-order chi connectivity index (χ0) is 15.3. The van der Waals surface area contributed by atoms with Crippen LogP contribution in [0.15, 0.2) is 22.7 Å². The maximum Gasteiger partial charge on any atom is 0.326 e. The highest BCUT2D eigenvalue weighted by atomic mass is 79.9. The van der Waals surface area contributed by atoms with Crippen molar-refractivity contribution < 1.29 is 19.4 Å². The average molecular weight is 344 g/mol. The molecule has 0 aliphatic heterocycles. The molecule has 0 aromatic heterocycles. The number of carbonyl (C=O) groups is 2. The van der Waals surface area contributed by atoms with E-state index in [1.54, 1.807) is 39.2 Å². The minimum atomic E-state index is -1.03. The van der Waals surface area contributed by atoms with E-state index < -0.39 is 12.0 Å². The number of benzene rings is 1. The number of carboxylic acid groups (broad SMARTS) is 1. The third kappa shape index (κ3) is 4.52. The van der Waals surface area contributed by atoms with Crippen LogP contribution in [0.4, 0.5) is 0 Å². The van der Waals surface area contributed by atoms with E-state index in [4.69, 9.17) is 9.84 Å². The van der Waals surface area contributed by atoms with Gasteiger partial charge in [-0.2, -0.15) is 0 Å². The smallest absolute Gasteiger partial charge is 0.326 e. The highest BCUT2D eigenvalue weighted by Gasteiger charge is 2.23. The molecule has 1 aromatic rings. The first kappa shape index (κ1) is 16.5. The van der Waals surface area contributed by atoms with Crippen LogP contribution in [0.25, 0.3) is 0 Å². The molecule has 0 saturated heterocycles. The molecule has 0 fully saturated rings. The minimum Gasteiger partial charge on any atom is -0.497 e. The number of amides is 1. The fourth-order valence-electron chi connectivity index (χ4n) is 1.72. The Hall–Kier alpha value is -1.56. The Morgan fingerprint density at radius 1 is 1.40 bits per heavy atom. The lowest BCUT2D eigenvalue weighted by Crippen LogP contribution is -2.44. The number of carbonyl (C=O) groups excluding carboxylic acids is 1. The Bertz CT molecular complexity index is 502. The average Bonchev–Trinajstić information content (AvgIpc) is 2.37.